The molecule has 5 rings (SSSR count). The second-order valence-corrected chi connectivity index (χ2v) is 7.76. The fourth-order valence-electron chi connectivity index (χ4n) is 4.30. The number of piperidine rings is 1. The molecule has 4 heterocycles. The third-order valence-electron chi connectivity index (χ3n) is 5.82. The van der Waals surface area contributed by atoms with Gasteiger partial charge in [-0.05, 0) is 30.2 Å². The maximum absolute atomic E-state index is 12.8. The molecule has 1 N–H and O–H groups in total. The topological polar surface area (TPSA) is 105 Å². The molecule has 2 atom stereocenters. The van der Waals surface area contributed by atoms with Gasteiger partial charge in [-0.1, -0.05) is 0 Å². The Balaban J connectivity index is 1.26. The summed E-state index contributed by atoms with van der Waals surface area (Å²) in [4.78, 5) is 48.5. The van der Waals surface area contributed by atoms with Gasteiger partial charge in [-0.15, -0.1) is 0 Å². The normalized spacial score (nSPS) is 23.5. The van der Waals surface area contributed by atoms with E-state index in [4.69, 9.17) is 4.74 Å². The molecule has 1 aromatic heterocycles. The van der Waals surface area contributed by atoms with Crippen LogP contribution < -0.4 is 15.0 Å². The predicted octanol–water partition coefficient (Wildman–Crippen LogP) is 0.895. The van der Waals surface area contributed by atoms with Crippen LogP contribution in [0.2, 0.25) is 0 Å². The quantitative estimate of drug-likeness (QED) is 0.751. The van der Waals surface area contributed by atoms with Crippen LogP contribution in [0.25, 0.3) is 0 Å². The number of rotatable bonds is 4. The number of aromatic nitrogens is 2. The number of nitrogens with one attached hydrogen (secondary N) is 1. The van der Waals surface area contributed by atoms with Gasteiger partial charge in [0.25, 0.3) is 5.91 Å². The maximum Gasteiger partial charge on any atom is 0.255 e. The zero-order valence-corrected chi connectivity index (χ0v) is 16.3. The van der Waals surface area contributed by atoms with Crippen molar-refractivity contribution in [3.8, 4) is 5.75 Å². The number of nitrogens with zero attached hydrogens (tertiary/aromatic N) is 4. The number of fused-ring (bicyclic) bond motifs is 1. The highest BCUT2D eigenvalue weighted by Gasteiger charge is 2.39. The monoisotopic (exact) mass is 407 g/mol. The molecule has 3 amide bonds. The molecule has 1 aromatic carbocycles. The number of hydrogen-bond acceptors (Lipinski definition) is 7. The molecule has 9 nitrogen and oxygen atoms in total. The summed E-state index contributed by atoms with van der Waals surface area (Å²) in [5.41, 5.74) is 1.42. The van der Waals surface area contributed by atoms with Crippen molar-refractivity contribution in [3.05, 3.63) is 47.9 Å². The molecule has 0 radical (unpaired) electrons. The summed E-state index contributed by atoms with van der Waals surface area (Å²) in [5.74, 6) is 0.670. The maximum atomic E-state index is 12.8. The number of anilines is 1. The fourth-order valence-corrected chi connectivity index (χ4v) is 4.30. The van der Waals surface area contributed by atoms with Gasteiger partial charge in [-0.2, -0.15) is 0 Å². The van der Waals surface area contributed by atoms with Gasteiger partial charge in [0, 0.05) is 43.9 Å². The Bertz CT molecular complexity index is 1010. The van der Waals surface area contributed by atoms with E-state index < -0.39 is 11.9 Å². The molecule has 3 aliphatic heterocycles. The number of ether oxygens (including phenoxy) is 1. The molecule has 2 aromatic rings. The molecular weight excluding hydrogens is 386 g/mol. The zero-order chi connectivity index (χ0) is 20.7. The molecule has 3 aliphatic rings. The van der Waals surface area contributed by atoms with Crippen LogP contribution in [0.5, 0.6) is 5.75 Å². The number of carbonyl (C=O) groups is 3. The van der Waals surface area contributed by atoms with Crippen LogP contribution in [0.15, 0.2) is 36.8 Å². The van der Waals surface area contributed by atoms with Gasteiger partial charge in [0.15, 0.2) is 0 Å². The zero-order valence-electron chi connectivity index (χ0n) is 16.3. The smallest absolute Gasteiger partial charge is 0.255 e. The highest BCUT2D eigenvalue weighted by molar-refractivity contribution is 6.05. The molecule has 0 aliphatic carbocycles. The minimum absolute atomic E-state index is 0.0217. The van der Waals surface area contributed by atoms with Crippen LogP contribution in [-0.4, -0.2) is 57.8 Å². The van der Waals surface area contributed by atoms with Crippen LogP contribution in [0.4, 0.5) is 5.82 Å². The molecule has 0 saturated carbocycles. The Morgan fingerprint density at radius 1 is 1.13 bits per heavy atom. The minimum atomic E-state index is -0.609. The summed E-state index contributed by atoms with van der Waals surface area (Å²) >= 11 is 0. The van der Waals surface area contributed by atoms with Crippen molar-refractivity contribution < 1.29 is 19.1 Å². The van der Waals surface area contributed by atoms with Crippen molar-refractivity contribution in [1.29, 1.82) is 0 Å². The molecule has 2 fully saturated rings. The molecule has 2 unspecified atom stereocenters. The number of carbonyl (C=O) groups excluding carboxylic acids is 3. The first-order valence-electron chi connectivity index (χ1n) is 10.0. The van der Waals surface area contributed by atoms with E-state index in [9.17, 15) is 14.4 Å². The average molecular weight is 407 g/mol. The lowest BCUT2D eigenvalue weighted by atomic mass is 10.0. The lowest BCUT2D eigenvalue weighted by Gasteiger charge is -2.29. The Hall–Kier alpha value is -3.49. The van der Waals surface area contributed by atoms with E-state index in [1.807, 2.05) is 6.07 Å². The molecule has 0 bridgehead atoms. The van der Waals surface area contributed by atoms with E-state index in [0.29, 0.717) is 24.3 Å². The first-order valence-corrected chi connectivity index (χ1v) is 10.0. The van der Waals surface area contributed by atoms with Crippen molar-refractivity contribution >= 4 is 23.5 Å². The van der Waals surface area contributed by atoms with Crippen LogP contribution >= 0.6 is 0 Å². The lowest BCUT2D eigenvalue weighted by Crippen LogP contribution is -2.52. The van der Waals surface area contributed by atoms with Crippen LogP contribution in [0.1, 0.15) is 35.2 Å². The van der Waals surface area contributed by atoms with Crippen LogP contribution in [-0.2, 0) is 16.1 Å². The minimum Gasteiger partial charge on any atom is -0.489 e. The van der Waals surface area contributed by atoms with E-state index in [0.717, 1.165) is 30.9 Å². The molecule has 9 heteroatoms. The van der Waals surface area contributed by atoms with Gasteiger partial charge in [0.05, 0.1) is 12.7 Å². The Morgan fingerprint density at radius 3 is 2.83 bits per heavy atom. The second-order valence-electron chi connectivity index (χ2n) is 7.76. The van der Waals surface area contributed by atoms with Crippen LogP contribution in [0, 0.1) is 0 Å². The summed E-state index contributed by atoms with van der Waals surface area (Å²) in [7, 11) is 0. The van der Waals surface area contributed by atoms with Crippen molar-refractivity contribution in [2.75, 3.05) is 18.0 Å². The molecule has 30 heavy (non-hydrogen) atoms. The van der Waals surface area contributed by atoms with Gasteiger partial charge < -0.3 is 14.5 Å². The van der Waals surface area contributed by atoms with E-state index in [2.05, 4.69) is 20.2 Å². The molecular formula is C21H21N5O4. The lowest BCUT2D eigenvalue weighted by molar-refractivity contribution is -0.136. The van der Waals surface area contributed by atoms with Gasteiger partial charge in [-0.25, -0.2) is 4.98 Å². The summed E-state index contributed by atoms with van der Waals surface area (Å²) in [6, 6.07) is 4.83. The third-order valence-corrected chi connectivity index (χ3v) is 5.82. The first kappa shape index (κ1) is 18.5. The van der Waals surface area contributed by atoms with E-state index in [1.165, 1.54) is 0 Å². The molecule has 0 spiro atoms. The highest BCUT2D eigenvalue weighted by Crippen LogP contribution is 2.31. The summed E-state index contributed by atoms with van der Waals surface area (Å²) in [5, 5.41) is 2.32. The van der Waals surface area contributed by atoms with Gasteiger partial charge >= 0.3 is 0 Å². The van der Waals surface area contributed by atoms with Crippen molar-refractivity contribution in [2.24, 2.45) is 0 Å². The van der Waals surface area contributed by atoms with Gasteiger partial charge in [0.2, 0.25) is 11.8 Å². The largest absolute Gasteiger partial charge is 0.489 e. The SMILES string of the molecule is O=C1CCC(N2Cc3cc(OC4CCN(c5cnccn5)C4)ccc3C2=O)C(=O)N1. The molecule has 2 saturated heterocycles. The number of benzene rings is 1. The summed E-state index contributed by atoms with van der Waals surface area (Å²) in [6.07, 6.45) is 6.56. The van der Waals surface area contributed by atoms with Crippen molar-refractivity contribution in [1.82, 2.24) is 20.2 Å². The van der Waals surface area contributed by atoms with Gasteiger partial charge in [0.1, 0.15) is 23.7 Å². The fraction of sp³-hybridized carbons (Fsp3) is 0.381. The van der Waals surface area contributed by atoms with Crippen LogP contribution in [0.3, 0.4) is 0 Å². The standard InChI is InChI=1S/C21H21N5O4/c27-19-4-3-17(20(28)24-19)26-11-13-9-14(1-2-16(13)21(26)29)30-15-5-8-25(12-15)18-10-22-6-7-23-18/h1-2,6-7,9-10,15,17H,3-5,8,11-12H2,(H,24,27,28). The number of hydrogen-bond donors (Lipinski definition) is 1. The van der Waals surface area contributed by atoms with E-state index >= 15 is 0 Å². The number of amides is 3. The highest BCUT2D eigenvalue weighted by atomic mass is 16.5. The third kappa shape index (κ3) is 3.36. The summed E-state index contributed by atoms with van der Waals surface area (Å²) < 4.78 is 6.16. The average Bonchev–Trinajstić information content (AvgIpc) is 3.33. The van der Waals surface area contributed by atoms with E-state index in [1.54, 1.807) is 35.6 Å². The first-order chi connectivity index (χ1) is 14.6. The molecule has 154 valence electrons. The Kier molecular flexibility index (Phi) is 4.57. The Labute approximate surface area is 173 Å². The second kappa shape index (κ2) is 7.40. The van der Waals surface area contributed by atoms with Gasteiger partial charge in [-0.3, -0.25) is 24.7 Å². The number of imide groups is 1. The van der Waals surface area contributed by atoms with E-state index in [-0.39, 0.29) is 24.3 Å². The van der Waals surface area contributed by atoms with Crippen molar-refractivity contribution in [3.63, 3.8) is 0 Å². The predicted molar refractivity (Wildman–Crippen MR) is 106 cm³/mol. The summed E-state index contributed by atoms with van der Waals surface area (Å²) in [6.45, 7) is 1.90. The Morgan fingerprint density at radius 2 is 2.03 bits per heavy atom. The van der Waals surface area contributed by atoms with Crippen molar-refractivity contribution in [2.45, 2.75) is 38.0 Å².